The minimum absolute atomic E-state index is 0.203. The van der Waals surface area contributed by atoms with Gasteiger partial charge in [0.25, 0.3) is 0 Å². The Morgan fingerprint density at radius 3 is 2.61 bits per heavy atom. The van der Waals surface area contributed by atoms with Crippen molar-refractivity contribution in [2.24, 2.45) is 0 Å². The minimum Gasteiger partial charge on any atom is -0.383 e. The molecule has 0 radical (unpaired) electrons. The lowest BCUT2D eigenvalue weighted by Crippen LogP contribution is -2.17. The number of hydrogen-bond donors (Lipinski definition) is 2. The van der Waals surface area contributed by atoms with E-state index in [0.717, 1.165) is 47.5 Å². The topological polar surface area (TPSA) is 94.7 Å². The first-order valence-corrected chi connectivity index (χ1v) is 12.4. The van der Waals surface area contributed by atoms with E-state index in [-0.39, 0.29) is 12.1 Å². The molecule has 2 aromatic heterocycles. The third-order valence-corrected chi connectivity index (χ3v) is 6.21. The van der Waals surface area contributed by atoms with Crippen LogP contribution in [0.25, 0.3) is 10.9 Å². The van der Waals surface area contributed by atoms with Crippen LogP contribution in [0.15, 0.2) is 54.9 Å². The van der Waals surface area contributed by atoms with Crippen LogP contribution in [0.2, 0.25) is 5.02 Å². The standard InChI is InChI=1S/C27H31ClN8/c1-18(2)36-17-24(33-34-36)26(19-9-6-5-7-10-19)32-21-13-22-25(30-11-8-12-35(3)4)20(15-29)16-31-27(22)23(28)14-21/h5-7,9-10,13-14,16-18,26,32H,8,11-12H2,1-4H3,(H,30,31)/t26-/m0/s1. The highest BCUT2D eigenvalue weighted by Gasteiger charge is 2.20. The van der Waals surface area contributed by atoms with Crippen molar-refractivity contribution < 1.29 is 0 Å². The molecule has 4 rings (SSSR count). The minimum atomic E-state index is -0.240. The molecule has 0 amide bonds. The number of aromatic nitrogens is 4. The molecule has 4 aromatic rings. The molecule has 8 nitrogen and oxygen atoms in total. The monoisotopic (exact) mass is 502 g/mol. The van der Waals surface area contributed by atoms with Gasteiger partial charge in [-0.05, 0) is 58.6 Å². The summed E-state index contributed by atoms with van der Waals surface area (Å²) in [5.41, 5.74) is 4.54. The van der Waals surface area contributed by atoms with Gasteiger partial charge in [-0.1, -0.05) is 47.1 Å². The summed E-state index contributed by atoms with van der Waals surface area (Å²) in [5.74, 6) is 0. The molecule has 0 aliphatic heterocycles. The van der Waals surface area contributed by atoms with Gasteiger partial charge >= 0.3 is 0 Å². The fourth-order valence-corrected chi connectivity index (χ4v) is 4.31. The number of anilines is 2. The third-order valence-electron chi connectivity index (χ3n) is 5.93. The molecule has 0 spiro atoms. The summed E-state index contributed by atoms with van der Waals surface area (Å²) in [4.78, 5) is 6.61. The van der Waals surface area contributed by atoms with Crippen LogP contribution in [-0.4, -0.2) is 52.1 Å². The molecule has 0 saturated carbocycles. The molecule has 2 heterocycles. The summed E-state index contributed by atoms with van der Waals surface area (Å²) >= 11 is 6.70. The second kappa shape index (κ2) is 11.4. The zero-order valence-electron chi connectivity index (χ0n) is 21.0. The molecule has 0 saturated heterocycles. The van der Waals surface area contributed by atoms with Crippen LogP contribution in [0.5, 0.6) is 0 Å². The molecule has 0 aliphatic carbocycles. The number of hydrogen-bond acceptors (Lipinski definition) is 7. The highest BCUT2D eigenvalue weighted by atomic mass is 35.5. The van der Waals surface area contributed by atoms with Gasteiger partial charge < -0.3 is 15.5 Å². The quantitative estimate of drug-likeness (QED) is 0.276. The predicted molar refractivity (Wildman–Crippen MR) is 145 cm³/mol. The molecule has 2 aromatic carbocycles. The molecule has 0 aliphatic rings. The van der Waals surface area contributed by atoms with Crippen molar-refractivity contribution in [3.05, 3.63) is 76.7 Å². The van der Waals surface area contributed by atoms with Gasteiger partial charge in [0, 0.05) is 29.9 Å². The molecule has 0 unspecified atom stereocenters. The first-order chi connectivity index (χ1) is 17.4. The lowest BCUT2D eigenvalue weighted by atomic mass is 10.0. The largest absolute Gasteiger partial charge is 0.383 e. The van der Waals surface area contributed by atoms with Crippen LogP contribution in [0.3, 0.4) is 0 Å². The Hall–Kier alpha value is -3.67. The van der Waals surface area contributed by atoms with E-state index < -0.39 is 0 Å². The van der Waals surface area contributed by atoms with E-state index in [1.165, 1.54) is 0 Å². The lowest BCUT2D eigenvalue weighted by molar-refractivity contribution is 0.405. The molecule has 2 N–H and O–H groups in total. The maximum absolute atomic E-state index is 9.75. The zero-order chi connectivity index (χ0) is 25.7. The Kier molecular flexibility index (Phi) is 8.04. The fourth-order valence-electron chi connectivity index (χ4n) is 4.04. The first-order valence-electron chi connectivity index (χ1n) is 12.0. The second-order valence-corrected chi connectivity index (χ2v) is 9.71. The average molecular weight is 503 g/mol. The maximum atomic E-state index is 9.75. The van der Waals surface area contributed by atoms with Crippen molar-refractivity contribution in [3.63, 3.8) is 0 Å². The summed E-state index contributed by atoms with van der Waals surface area (Å²) in [6, 6.07) is 16.2. The SMILES string of the molecule is CC(C)n1cc([C@@H](Nc2cc(Cl)c3ncc(C#N)c(NCCCN(C)C)c3c2)c2ccccc2)nn1. The van der Waals surface area contributed by atoms with E-state index in [9.17, 15) is 5.26 Å². The van der Waals surface area contributed by atoms with Gasteiger partial charge in [-0.2, -0.15) is 5.26 Å². The van der Waals surface area contributed by atoms with Gasteiger partial charge in [0.2, 0.25) is 0 Å². The third kappa shape index (κ3) is 5.76. The van der Waals surface area contributed by atoms with Crippen molar-refractivity contribution in [3.8, 4) is 6.07 Å². The van der Waals surface area contributed by atoms with Gasteiger partial charge in [0.1, 0.15) is 11.8 Å². The zero-order valence-corrected chi connectivity index (χ0v) is 21.8. The lowest BCUT2D eigenvalue weighted by Gasteiger charge is -2.20. The molecule has 9 heteroatoms. The number of nitrogens with one attached hydrogen (secondary N) is 2. The Bertz CT molecular complexity index is 1360. The summed E-state index contributed by atoms with van der Waals surface area (Å²) in [7, 11) is 4.09. The molecule has 1 atom stereocenters. The van der Waals surface area contributed by atoms with Gasteiger partial charge in [-0.3, -0.25) is 4.98 Å². The Balaban J connectivity index is 1.74. The number of fused-ring (bicyclic) bond motifs is 1. The van der Waals surface area contributed by atoms with Crippen molar-refractivity contribution >= 4 is 33.9 Å². The number of halogens is 1. The molecule has 0 bridgehead atoms. The van der Waals surface area contributed by atoms with E-state index in [0.29, 0.717) is 16.1 Å². The van der Waals surface area contributed by atoms with Crippen LogP contribution in [-0.2, 0) is 0 Å². The van der Waals surface area contributed by atoms with Crippen LogP contribution in [0, 0.1) is 11.3 Å². The number of rotatable bonds is 10. The Morgan fingerprint density at radius 1 is 1.17 bits per heavy atom. The number of benzene rings is 2. The van der Waals surface area contributed by atoms with E-state index >= 15 is 0 Å². The van der Waals surface area contributed by atoms with E-state index in [2.05, 4.69) is 62.9 Å². The molecular formula is C27H31ClN8. The normalized spacial score (nSPS) is 12.2. The van der Waals surface area contributed by atoms with Gasteiger partial charge in [-0.15, -0.1) is 5.10 Å². The van der Waals surface area contributed by atoms with Gasteiger partial charge in [0.05, 0.1) is 34.0 Å². The van der Waals surface area contributed by atoms with Crippen molar-refractivity contribution in [2.45, 2.75) is 32.4 Å². The first kappa shape index (κ1) is 25.4. The highest BCUT2D eigenvalue weighted by molar-refractivity contribution is 6.35. The number of nitriles is 1. The van der Waals surface area contributed by atoms with Crippen molar-refractivity contribution in [1.29, 1.82) is 5.26 Å². The van der Waals surface area contributed by atoms with Gasteiger partial charge in [-0.25, -0.2) is 4.68 Å². The smallest absolute Gasteiger partial charge is 0.109 e. The Morgan fingerprint density at radius 2 is 1.94 bits per heavy atom. The van der Waals surface area contributed by atoms with Crippen LogP contribution in [0.4, 0.5) is 11.4 Å². The number of nitrogens with zero attached hydrogens (tertiary/aromatic N) is 6. The highest BCUT2D eigenvalue weighted by Crippen LogP contribution is 2.35. The van der Waals surface area contributed by atoms with Crippen molar-refractivity contribution in [1.82, 2.24) is 24.9 Å². The Labute approximate surface area is 216 Å². The predicted octanol–water partition coefficient (Wildman–Crippen LogP) is 5.50. The summed E-state index contributed by atoms with van der Waals surface area (Å²) in [6.45, 7) is 5.81. The second-order valence-electron chi connectivity index (χ2n) is 9.30. The van der Waals surface area contributed by atoms with Crippen molar-refractivity contribution in [2.75, 3.05) is 37.8 Å². The van der Waals surface area contributed by atoms with Crippen LogP contribution in [0.1, 0.15) is 49.2 Å². The fraction of sp³-hybridized carbons (Fsp3) is 0.333. The molecule has 186 valence electrons. The number of pyridine rings is 1. The van der Waals surface area contributed by atoms with E-state index in [1.54, 1.807) is 6.20 Å². The van der Waals surface area contributed by atoms with Gasteiger partial charge in [0.15, 0.2) is 0 Å². The van der Waals surface area contributed by atoms with Crippen LogP contribution < -0.4 is 10.6 Å². The summed E-state index contributed by atoms with van der Waals surface area (Å²) < 4.78 is 1.85. The van der Waals surface area contributed by atoms with Crippen LogP contribution >= 0.6 is 11.6 Å². The van der Waals surface area contributed by atoms with E-state index in [1.807, 2.05) is 55.3 Å². The summed E-state index contributed by atoms with van der Waals surface area (Å²) in [6.07, 6.45) is 4.48. The molecule has 36 heavy (non-hydrogen) atoms. The maximum Gasteiger partial charge on any atom is 0.109 e. The molecule has 0 fully saturated rings. The molecular weight excluding hydrogens is 472 g/mol. The summed E-state index contributed by atoms with van der Waals surface area (Å²) in [5, 5.41) is 26.9. The average Bonchev–Trinajstić information content (AvgIpc) is 3.36. The van der Waals surface area contributed by atoms with E-state index in [4.69, 9.17) is 11.6 Å².